The van der Waals surface area contributed by atoms with E-state index in [0.717, 1.165) is 42.1 Å². The molecule has 6 nitrogen and oxygen atoms in total. The van der Waals surface area contributed by atoms with E-state index in [4.69, 9.17) is 0 Å². The fraction of sp³-hybridized carbons (Fsp3) is 0.286. The number of fused-ring (bicyclic) bond motifs is 1. The summed E-state index contributed by atoms with van der Waals surface area (Å²) in [6, 6.07) is 15.1. The van der Waals surface area contributed by atoms with Crippen molar-refractivity contribution in [3.05, 3.63) is 87.5 Å². The van der Waals surface area contributed by atoms with Crippen LogP contribution in [0.15, 0.2) is 59.5 Å². The number of aryl methyl sites for hydroxylation is 2. The second-order valence-corrected chi connectivity index (χ2v) is 9.22. The Kier molecular flexibility index (Phi) is 5.52. The predicted octanol–water partition coefficient (Wildman–Crippen LogP) is 5.29. The highest BCUT2D eigenvalue weighted by atomic mass is 16.4. The molecule has 0 saturated heterocycles. The zero-order valence-electron chi connectivity index (χ0n) is 19.4. The number of aromatic nitrogens is 2. The molecule has 34 heavy (non-hydrogen) atoms. The minimum atomic E-state index is -1.10. The van der Waals surface area contributed by atoms with Gasteiger partial charge in [0.1, 0.15) is 11.4 Å². The Morgan fingerprint density at radius 2 is 1.91 bits per heavy atom. The number of hydrogen-bond acceptors (Lipinski definition) is 3. The van der Waals surface area contributed by atoms with Crippen LogP contribution >= 0.6 is 0 Å². The number of carbonyl (C=O) groups is 1. The topological polar surface area (TPSA) is 84.5 Å². The third kappa shape index (κ3) is 3.79. The predicted molar refractivity (Wildman–Crippen MR) is 133 cm³/mol. The maximum atomic E-state index is 13.1. The zero-order chi connectivity index (χ0) is 24.0. The summed E-state index contributed by atoms with van der Waals surface area (Å²) in [5.74, 6) is -0.467. The van der Waals surface area contributed by atoms with Crippen molar-refractivity contribution in [2.75, 3.05) is 0 Å². The highest BCUT2D eigenvalue weighted by Crippen LogP contribution is 2.43. The van der Waals surface area contributed by atoms with Gasteiger partial charge < -0.3 is 19.3 Å². The van der Waals surface area contributed by atoms with Crippen LogP contribution in [-0.2, 0) is 20.0 Å². The number of carboxylic acid groups (broad SMARTS) is 1. The molecule has 0 spiro atoms. The minimum Gasteiger partial charge on any atom is -0.508 e. The smallest absolute Gasteiger partial charge is 0.353 e. The lowest BCUT2D eigenvalue weighted by atomic mass is 10.0. The van der Waals surface area contributed by atoms with Crippen LogP contribution in [0.25, 0.3) is 22.0 Å². The number of aromatic hydroxyl groups is 1. The van der Waals surface area contributed by atoms with E-state index < -0.39 is 5.97 Å². The number of rotatable bonds is 7. The van der Waals surface area contributed by atoms with Gasteiger partial charge in [0.15, 0.2) is 0 Å². The van der Waals surface area contributed by atoms with Crippen LogP contribution < -0.4 is 5.56 Å². The zero-order valence-corrected chi connectivity index (χ0v) is 19.4. The summed E-state index contributed by atoms with van der Waals surface area (Å²) in [7, 11) is 1.66. The molecular formula is C28H28N2O4. The first kappa shape index (κ1) is 22.0. The molecule has 0 amide bonds. The van der Waals surface area contributed by atoms with Crippen molar-refractivity contribution in [2.45, 2.75) is 45.1 Å². The molecule has 174 valence electrons. The molecule has 2 aromatic carbocycles. The molecule has 1 aliphatic carbocycles. The van der Waals surface area contributed by atoms with Gasteiger partial charge >= 0.3 is 5.97 Å². The van der Waals surface area contributed by atoms with Crippen molar-refractivity contribution in [2.24, 2.45) is 7.05 Å². The van der Waals surface area contributed by atoms with Gasteiger partial charge in [-0.3, -0.25) is 4.79 Å². The van der Waals surface area contributed by atoms with Crippen LogP contribution in [0.2, 0.25) is 0 Å². The first-order valence-electron chi connectivity index (χ1n) is 11.7. The first-order valence-corrected chi connectivity index (χ1v) is 11.7. The van der Waals surface area contributed by atoms with Crippen LogP contribution in [-0.4, -0.2) is 25.3 Å². The lowest BCUT2D eigenvalue weighted by Gasteiger charge is -2.12. The van der Waals surface area contributed by atoms with Gasteiger partial charge in [0.2, 0.25) is 0 Å². The van der Waals surface area contributed by atoms with Crippen molar-refractivity contribution in [3.63, 3.8) is 0 Å². The fourth-order valence-corrected chi connectivity index (χ4v) is 4.85. The van der Waals surface area contributed by atoms with E-state index in [2.05, 4.69) is 13.0 Å². The minimum absolute atomic E-state index is 0.0586. The van der Waals surface area contributed by atoms with Gasteiger partial charge in [0.05, 0.1) is 12.1 Å². The molecule has 1 saturated carbocycles. The van der Waals surface area contributed by atoms with Gasteiger partial charge in [-0.15, -0.1) is 0 Å². The largest absolute Gasteiger partial charge is 0.508 e. The number of carboxylic acids is 1. The summed E-state index contributed by atoms with van der Waals surface area (Å²) in [5.41, 5.74) is 4.20. The van der Waals surface area contributed by atoms with Gasteiger partial charge in [-0.1, -0.05) is 31.5 Å². The summed E-state index contributed by atoms with van der Waals surface area (Å²) in [6.07, 6.45) is 5.75. The van der Waals surface area contributed by atoms with Crippen LogP contribution in [0, 0.1) is 0 Å². The lowest BCUT2D eigenvalue weighted by molar-refractivity contribution is 0.0687. The molecular weight excluding hydrogens is 428 g/mol. The molecule has 0 unspecified atom stereocenters. The first-order chi connectivity index (χ1) is 16.4. The van der Waals surface area contributed by atoms with E-state index in [1.807, 2.05) is 24.3 Å². The average molecular weight is 457 g/mol. The normalized spacial score (nSPS) is 13.5. The second-order valence-electron chi connectivity index (χ2n) is 9.22. The molecule has 5 rings (SSSR count). The summed E-state index contributed by atoms with van der Waals surface area (Å²) in [5, 5.41) is 21.8. The van der Waals surface area contributed by atoms with Gasteiger partial charge in [0.25, 0.3) is 5.56 Å². The number of phenols is 1. The average Bonchev–Trinajstić information content (AvgIpc) is 3.61. The van der Waals surface area contributed by atoms with Crippen molar-refractivity contribution in [3.8, 4) is 16.9 Å². The van der Waals surface area contributed by atoms with E-state index >= 15 is 0 Å². The number of phenolic OH excluding ortho intramolecular Hbond substituents is 1. The van der Waals surface area contributed by atoms with Gasteiger partial charge in [-0.2, -0.15) is 0 Å². The maximum absolute atomic E-state index is 13.1. The highest BCUT2D eigenvalue weighted by molar-refractivity contribution is 6.08. The lowest BCUT2D eigenvalue weighted by Crippen LogP contribution is -2.19. The summed E-state index contributed by atoms with van der Waals surface area (Å²) in [4.78, 5) is 25.7. The van der Waals surface area contributed by atoms with Crippen LogP contribution in [0.4, 0.5) is 0 Å². The van der Waals surface area contributed by atoms with Crippen molar-refractivity contribution >= 4 is 16.9 Å². The van der Waals surface area contributed by atoms with Gasteiger partial charge in [0, 0.05) is 35.3 Å². The molecule has 0 radical (unpaired) electrons. The van der Waals surface area contributed by atoms with E-state index in [-0.39, 0.29) is 23.5 Å². The maximum Gasteiger partial charge on any atom is 0.353 e. The number of nitrogens with zero attached hydrogens (tertiary/aromatic N) is 2. The summed E-state index contributed by atoms with van der Waals surface area (Å²) >= 11 is 0. The molecule has 1 fully saturated rings. The molecule has 4 aromatic rings. The highest BCUT2D eigenvalue weighted by Gasteiger charge is 2.29. The Morgan fingerprint density at radius 3 is 2.59 bits per heavy atom. The van der Waals surface area contributed by atoms with Gasteiger partial charge in [-0.05, 0) is 66.6 Å². The number of aromatic carboxylic acids is 1. The molecule has 0 bridgehead atoms. The Balaban J connectivity index is 1.77. The monoisotopic (exact) mass is 456 g/mol. The van der Waals surface area contributed by atoms with Crippen molar-refractivity contribution in [1.29, 1.82) is 0 Å². The van der Waals surface area contributed by atoms with Crippen molar-refractivity contribution in [1.82, 2.24) is 9.13 Å². The van der Waals surface area contributed by atoms with Gasteiger partial charge in [-0.25, -0.2) is 4.79 Å². The quantitative estimate of drug-likeness (QED) is 0.396. The summed E-state index contributed by atoms with van der Waals surface area (Å²) < 4.78 is 3.18. The van der Waals surface area contributed by atoms with E-state index in [1.54, 1.807) is 36.0 Å². The molecule has 2 heterocycles. The third-order valence-corrected chi connectivity index (χ3v) is 6.75. The Hall–Kier alpha value is -3.80. The molecule has 1 aliphatic rings. The standard InChI is InChI=1S/C28H28N2O4/c1-3-5-17-7-8-20(24(31)14-17)16-30-23-12-11-19(18-9-10-18)15-22(23)25(26(30)28(33)34)21-6-4-13-29(2)27(21)32/h4,6-8,11-15,18,31H,3,5,9-10,16H2,1-2H3,(H,33,34). The number of hydrogen-bond donors (Lipinski definition) is 2. The Labute approximate surface area is 197 Å². The molecule has 2 aromatic heterocycles. The van der Waals surface area contributed by atoms with Crippen LogP contribution in [0.1, 0.15) is 59.3 Å². The molecule has 6 heteroatoms. The van der Waals surface area contributed by atoms with Crippen LogP contribution in [0.3, 0.4) is 0 Å². The summed E-state index contributed by atoms with van der Waals surface area (Å²) in [6.45, 7) is 2.27. The Morgan fingerprint density at radius 1 is 1.12 bits per heavy atom. The molecule has 2 N–H and O–H groups in total. The second kappa shape index (κ2) is 8.52. The van der Waals surface area contributed by atoms with E-state index in [0.29, 0.717) is 22.6 Å². The number of pyridine rings is 1. The number of benzene rings is 2. The molecule has 0 aliphatic heterocycles. The van der Waals surface area contributed by atoms with E-state index in [9.17, 15) is 19.8 Å². The van der Waals surface area contributed by atoms with E-state index in [1.165, 1.54) is 10.1 Å². The fourth-order valence-electron chi connectivity index (χ4n) is 4.85. The molecule has 0 atom stereocenters. The SMILES string of the molecule is CCCc1ccc(Cn2c(C(=O)O)c(-c3cccn(C)c3=O)c3cc(C4CC4)ccc32)c(O)c1. The van der Waals surface area contributed by atoms with Crippen LogP contribution in [0.5, 0.6) is 5.75 Å². The van der Waals surface area contributed by atoms with Crippen molar-refractivity contribution < 1.29 is 15.0 Å². The third-order valence-electron chi connectivity index (χ3n) is 6.75. The Bertz CT molecular complexity index is 1470.